The van der Waals surface area contributed by atoms with E-state index in [1.54, 1.807) is 36.0 Å². The van der Waals surface area contributed by atoms with E-state index in [-0.39, 0.29) is 0 Å². The van der Waals surface area contributed by atoms with Gasteiger partial charge < -0.3 is 0 Å². The third-order valence-electron chi connectivity index (χ3n) is 2.85. The number of rotatable bonds is 5. The van der Waals surface area contributed by atoms with Crippen LogP contribution in [0, 0.1) is 6.92 Å². The summed E-state index contributed by atoms with van der Waals surface area (Å²) in [6.07, 6.45) is 4.24. The zero-order valence-electron chi connectivity index (χ0n) is 11.0. The third kappa shape index (κ3) is 3.42. The lowest BCUT2D eigenvalue weighted by atomic mass is 10.2. The van der Waals surface area contributed by atoms with Crippen LogP contribution in [-0.4, -0.2) is 24.7 Å². The summed E-state index contributed by atoms with van der Waals surface area (Å²) < 4.78 is 28.5. The lowest BCUT2D eigenvalue weighted by Gasteiger charge is -2.08. The van der Waals surface area contributed by atoms with Crippen LogP contribution in [0.2, 0.25) is 0 Å². The Morgan fingerprint density at radius 1 is 1.32 bits per heavy atom. The molecule has 0 amide bonds. The topological polar surface area (TPSA) is 64.0 Å². The van der Waals surface area contributed by atoms with Crippen LogP contribution < -0.4 is 4.72 Å². The van der Waals surface area contributed by atoms with Gasteiger partial charge in [-0.15, -0.1) is 0 Å². The predicted molar refractivity (Wildman–Crippen MR) is 73.3 cm³/mol. The van der Waals surface area contributed by atoms with Crippen LogP contribution in [0.1, 0.15) is 11.1 Å². The van der Waals surface area contributed by atoms with E-state index in [0.717, 1.165) is 11.1 Å². The molecule has 0 aliphatic rings. The van der Waals surface area contributed by atoms with Crippen molar-refractivity contribution in [2.24, 2.45) is 7.05 Å². The molecule has 2 rings (SSSR count). The summed E-state index contributed by atoms with van der Waals surface area (Å²) in [4.78, 5) is 0.334. The Kier molecular flexibility index (Phi) is 4.01. The molecule has 0 unspecified atom stereocenters. The monoisotopic (exact) mass is 279 g/mol. The molecule has 102 valence electrons. The first-order valence-corrected chi connectivity index (χ1v) is 7.50. The molecule has 0 saturated heterocycles. The fourth-order valence-electron chi connectivity index (χ4n) is 1.87. The molecular formula is C13H17N3O2S. The summed E-state index contributed by atoms with van der Waals surface area (Å²) >= 11 is 0. The molecule has 0 saturated carbocycles. The lowest BCUT2D eigenvalue weighted by Crippen LogP contribution is -2.26. The number of sulfonamides is 1. The molecule has 0 atom stereocenters. The molecule has 0 aliphatic carbocycles. The highest BCUT2D eigenvalue weighted by Gasteiger charge is 2.15. The van der Waals surface area contributed by atoms with E-state index in [2.05, 4.69) is 9.82 Å². The molecule has 0 aliphatic heterocycles. The first kappa shape index (κ1) is 13.8. The molecule has 2 aromatic rings. The van der Waals surface area contributed by atoms with E-state index in [1.165, 1.54) is 0 Å². The van der Waals surface area contributed by atoms with E-state index >= 15 is 0 Å². The van der Waals surface area contributed by atoms with Crippen molar-refractivity contribution in [2.45, 2.75) is 18.2 Å². The second-order valence-electron chi connectivity index (χ2n) is 4.44. The van der Waals surface area contributed by atoms with Crippen molar-refractivity contribution in [2.75, 3.05) is 6.54 Å². The van der Waals surface area contributed by atoms with Crippen LogP contribution in [0.3, 0.4) is 0 Å². The standard InChI is InChI=1S/C13H17N3O2S/c1-11-5-3-4-6-13(11)19(17,18)15-8-7-12-9-14-16(2)10-12/h3-6,9-10,15H,7-8H2,1-2H3. The van der Waals surface area contributed by atoms with E-state index in [9.17, 15) is 8.42 Å². The quantitative estimate of drug-likeness (QED) is 0.896. The third-order valence-corrected chi connectivity index (χ3v) is 4.47. The van der Waals surface area contributed by atoms with Gasteiger partial charge in [-0.1, -0.05) is 18.2 Å². The van der Waals surface area contributed by atoms with Gasteiger partial charge in [0.2, 0.25) is 10.0 Å². The summed E-state index contributed by atoms with van der Waals surface area (Å²) in [5.41, 5.74) is 1.76. The molecule has 0 fully saturated rings. The molecule has 1 heterocycles. The molecule has 0 radical (unpaired) electrons. The Morgan fingerprint density at radius 3 is 2.68 bits per heavy atom. The van der Waals surface area contributed by atoms with Crippen molar-refractivity contribution in [1.82, 2.24) is 14.5 Å². The zero-order chi connectivity index (χ0) is 13.9. The van der Waals surface area contributed by atoms with Crippen LogP contribution in [0.4, 0.5) is 0 Å². The number of nitrogens with zero attached hydrogens (tertiary/aromatic N) is 2. The van der Waals surface area contributed by atoms with Gasteiger partial charge in [-0.25, -0.2) is 13.1 Å². The molecule has 0 spiro atoms. The van der Waals surface area contributed by atoms with Gasteiger partial charge in [0.25, 0.3) is 0 Å². The van der Waals surface area contributed by atoms with Gasteiger partial charge in [0.05, 0.1) is 11.1 Å². The predicted octanol–water partition coefficient (Wildman–Crippen LogP) is 1.25. The second kappa shape index (κ2) is 5.54. The number of aryl methyl sites for hydroxylation is 2. The normalized spacial score (nSPS) is 11.7. The molecule has 6 heteroatoms. The highest BCUT2D eigenvalue weighted by molar-refractivity contribution is 7.89. The summed E-state index contributed by atoms with van der Waals surface area (Å²) in [6.45, 7) is 2.15. The van der Waals surface area contributed by atoms with Crippen LogP contribution in [0.25, 0.3) is 0 Å². The highest BCUT2D eigenvalue weighted by Crippen LogP contribution is 2.13. The van der Waals surface area contributed by atoms with Crippen LogP contribution in [0.15, 0.2) is 41.6 Å². The van der Waals surface area contributed by atoms with Crippen molar-refractivity contribution in [3.8, 4) is 0 Å². The van der Waals surface area contributed by atoms with Crippen molar-refractivity contribution >= 4 is 10.0 Å². The Labute approximate surface area is 113 Å². The van der Waals surface area contributed by atoms with E-state index < -0.39 is 10.0 Å². The number of hydrogen-bond donors (Lipinski definition) is 1. The SMILES string of the molecule is Cc1ccccc1S(=O)(=O)NCCc1cnn(C)c1. The van der Waals surface area contributed by atoms with Gasteiger partial charge >= 0.3 is 0 Å². The Balaban J connectivity index is 2.01. The fraction of sp³-hybridized carbons (Fsp3) is 0.308. The van der Waals surface area contributed by atoms with Crippen LogP contribution >= 0.6 is 0 Å². The molecule has 5 nitrogen and oxygen atoms in total. The number of hydrogen-bond acceptors (Lipinski definition) is 3. The summed E-state index contributed by atoms with van der Waals surface area (Å²) in [5, 5.41) is 4.04. The number of benzene rings is 1. The van der Waals surface area contributed by atoms with Gasteiger partial charge in [0.1, 0.15) is 0 Å². The van der Waals surface area contributed by atoms with E-state index in [0.29, 0.717) is 17.9 Å². The maximum Gasteiger partial charge on any atom is 0.240 e. The maximum absolute atomic E-state index is 12.1. The minimum atomic E-state index is -3.43. The fourth-order valence-corrected chi connectivity index (χ4v) is 3.14. The smallest absolute Gasteiger partial charge is 0.240 e. The molecule has 1 N–H and O–H groups in total. The van der Waals surface area contributed by atoms with Gasteiger partial charge in [0.15, 0.2) is 0 Å². The largest absolute Gasteiger partial charge is 0.276 e. The van der Waals surface area contributed by atoms with Gasteiger partial charge in [-0.05, 0) is 30.5 Å². The highest BCUT2D eigenvalue weighted by atomic mass is 32.2. The average Bonchev–Trinajstić information content (AvgIpc) is 2.75. The van der Waals surface area contributed by atoms with Gasteiger partial charge in [-0.3, -0.25) is 4.68 Å². The van der Waals surface area contributed by atoms with Crippen molar-refractivity contribution < 1.29 is 8.42 Å². The van der Waals surface area contributed by atoms with Crippen molar-refractivity contribution in [1.29, 1.82) is 0 Å². The van der Waals surface area contributed by atoms with E-state index in [1.807, 2.05) is 19.3 Å². The zero-order valence-corrected chi connectivity index (χ0v) is 11.8. The summed E-state index contributed by atoms with van der Waals surface area (Å²) in [5.74, 6) is 0. The van der Waals surface area contributed by atoms with Crippen molar-refractivity contribution in [3.05, 3.63) is 47.8 Å². The lowest BCUT2D eigenvalue weighted by molar-refractivity contribution is 0.581. The first-order valence-electron chi connectivity index (χ1n) is 6.02. The first-order chi connectivity index (χ1) is 8.99. The van der Waals surface area contributed by atoms with E-state index in [4.69, 9.17) is 0 Å². The Morgan fingerprint density at radius 2 is 2.05 bits per heavy atom. The van der Waals surface area contributed by atoms with Gasteiger partial charge in [0, 0.05) is 19.8 Å². The molecule has 0 bridgehead atoms. The molecule has 1 aromatic carbocycles. The number of aromatic nitrogens is 2. The maximum atomic E-state index is 12.1. The average molecular weight is 279 g/mol. The van der Waals surface area contributed by atoms with Crippen LogP contribution in [0.5, 0.6) is 0 Å². The minimum absolute atomic E-state index is 0.334. The minimum Gasteiger partial charge on any atom is -0.276 e. The van der Waals surface area contributed by atoms with Crippen molar-refractivity contribution in [3.63, 3.8) is 0 Å². The van der Waals surface area contributed by atoms with Crippen LogP contribution in [-0.2, 0) is 23.5 Å². The summed E-state index contributed by atoms with van der Waals surface area (Å²) in [7, 11) is -1.60. The molecule has 1 aromatic heterocycles. The van der Waals surface area contributed by atoms with Gasteiger partial charge in [-0.2, -0.15) is 5.10 Å². The molecular weight excluding hydrogens is 262 g/mol. The Bertz CT molecular complexity index is 662. The summed E-state index contributed by atoms with van der Waals surface area (Å²) in [6, 6.07) is 6.95. The molecule has 19 heavy (non-hydrogen) atoms. The Hall–Kier alpha value is -1.66. The number of nitrogens with one attached hydrogen (secondary N) is 1. The second-order valence-corrected chi connectivity index (χ2v) is 6.17.